The summed E-state index contributed by atoms with van der Waals surface area (Å²) in [5.74, 6) is -4.45. The van der Waals surface area contributed by atoms with Gasteiger partial charge in [0.2, 0.25) is 11.8 Å². The number of halogens is 2. The molecule has 0 spiro atoms. The van der Waals surface area contributed by atoms with Crippen LogP contribution in [0.1, 0.15) is 34.3 Å². The molecule has 1 aromatic carbocycles. The van der Waals surface area contributed by atoms with E-state index in [-0.39, 0.29) is 30.7 Å². The Bertz CT molecular complexity index is 922. The molecule has 3 atom stereocenters. The Morgan fingerprint density at radius 1 is 1.17 bits per heavy atom. The SMILES string of the molecule is O=C1CCC(N2Cc3cccc(CN4C[C@H]5CNCC(F)(F)[C@H]5C4)c3C2=O)C(=O)N1. The summed E-state index contributed by atoms with van der Waals surface area (Å²) in [6.07, 6.45) is 0.527. The van der Waals surface area contributed by atoms with Crippen molar-refractivity contribution in [3.63, 3.8) is 0 Å². The molecule has 3 fully saturated rings. The number of likely N-dealkylation sites (tertiary alicyclic amines) is 1. The van der Waals surface area contributed by atoms with Crippen LogP contribution >= 0.6 is 0 Å². The van der Waals surface area contributed by atoms with E-state index in [0.29, 0.717) is 44.7 Å². The van der Waals surface area contributed by atoms with Crippen molar-refractivity contribution in [1.82, 2.24) is 20.4 Å². The lowest BCUT2D eigenvalue weighted by molar-refractivity contribution is -0.136. The van der Waals surface area contributed by atoms with E-state index in [1.807, 2.05) is 23.1 Å². The third-order valence-corrected chi connectivity index (χ3v) is 6.86. The first kappa shape index (κ1) is 19.6. The summed E-state index contributed by atoms with van der Waals surface area (Å²) in [4.78, 5) is 40.4. The predicted molar refractivity (Wildman–Crippen MR) is 103 cm³/mol. The van der Waals surface area contributed by atoms with Crippen LogP contribution in [0.3, 0.4) is 0 Å². The van der Waals surface area contributed by atoms with Crippen molar-refractivity contribution in [3.05, 3.63) is 34.9 Å². The first-order valence-electron chi connectivity index (χ1n) is 10.4. The molecule has 0 radical (unpaired) electrons. The molecule has 4 heterocycles. The van der Waals surface area contributed by atoms with Crippen LogP contribution in [0.25, 0.3) is 0 Å². The number of hydrogen-bond donors (Lipinski definition) is 2. The summed E-state index contributed by atoms with van der Waals surface area (Å²) in [6, 6.07) is 4.94. The molecule has 4 aliphatic rings. The van der Waals surface area contributed by atoms with E-state index >= 15 is 0 Å². The Hall–Kier alpha value is -2.39. The standard InChI is InChI=1S/C21H24F2N4O3/c22-21(23)11-24-6-14-8-26(10-15(14)21)7-12-2-1-3-13-9-27(20(30)18(12)13)16-4-5-17(28)25-19(16)29/h1-3,14-16,24H,4-11H2,(H,25,28,29)/t14-,15+,16?/m1/s1. The molecule has 160 valence electrons. The fourth-order valence-corrected chi connectivity index (χ4v) is 5.39. The maximum absolute atomic E-state index is 14.3. The summed E-state index contributed by atoms with van der Waals surface area (Å²) in [5, 5.41) is 5.14. The van der Waals surface area contributed by atoms with E-state index in [0.717, 1.165) is 11.1 Å². The number of benzene rings is 1. The molecule has 5 rings (SSSR count). The smallest absolute Gasteiger partial charge is 0.264 e. The molecule has 9 heteroatoms. The Morgan fingerprint density at radius 3 is 2.77 bits per heavy atom. The lowest BCUT2D eigenvalue weighted by atomic mass is 9.87. The lowest BCUT2D eigenvalue weighted by Gasteiger charge is -2.33. The summed E-state index contributed by atoms with van der Waals surface area (Å²) < 4.78 is 28.5. The zero-order chi connectivity index (χ0) is 21.0. The van der Waals surface area contributed by atoms with Gasteiger partial charge in [0, 0.05) is 44.1 Å². The highest BCUT2D eigenvalue weighted by atomic mass is 19.3. The van der Waals surface area contributed by atoms with Crippen LogP contribution in [-0.4, -0.2) is 65.7 Å². The molecule has 0 saturated carbocycles. The molecule has 3 saturated heterocycles. The lowest BCUT2D eigenvalue weighted by Crippen LogP contribution is -2.52. The molecule has 0 aromatic heterocycles. The number of nitrogens with one attached hydrogen (secondary N) is 2. The predicted octanol–water partition coefficient (Wildman–Crippen LogP) is 0.734. The summed E-state index contributed by atoms with van der Waals surface area (Å²) >= 11 is 0. The normalized spacial score (nSPS) is 30.9. The van der Waals surface area contributed by atoms with Gasteiger partial charge in [0.25, 0.3) is 11.8 Å². The molecule has 0 bridgehead atoms. The number of rotatable bonds is 3. The molecular weight excluding hydrogens is 394 g/mol. The van der Waals surface area contributed by atoms with Crippen molar-refractivity contribution in [2.75, 3.05) is 26.2 Å². The Morgan fingerprint density at radius 2 is 2.00 bits per heavy atom. The molecule has 7 nitrogen and oxygen atoms in total. The van der Waals surface area contributed by atoms with Gasteiger partial charge in [-0.05, 0) is 30.0 Å². The Kier molecular flexibility index (Phi) is 4.62. The average Bonchev–Trinajstić information content (AvgIpc) is 3.24. The van der Waals surface area contributed by atoms with Gasteiger partial charge >= 0.3 is 0 Å². The Balaban J connectivity index is 1.34. The second kappa shape index (κ2) is 7.09. The second-order valence-corrected chi connectivity index (χ2v) is 8.80. The second-order valence-electron chi connectivity index (χ2n) is 8.80. The van der Waals surface area contributed by atoms with Gasteiger partial charge in [-0.2, -0.15) is 0 Å². The number of amides is 3. The highest BCUT2D eigenvalue weighted by Crippen LogP contribution is 2.39. The van der Waals surface area contributed by atoms with Gasteiger partial charge in [0.15, 0.2) is 0 Å². The van der Waals surface area contributed by atoms with Crippen molar-refractivity contribution in [2.45, 2.75) is 37.9 Å². The van der Waals surface area contributed by atoms with E-state index in [1.165, 1.54) is 4.90 Å². The molecule has 30 heavy (non-hydrogen) atoms. The number of carbonyl (C=O) groups is 3. The zero-order valence-corrected chi connectivity index (χ0v) is 16.5. The quantitative estimate of drug-likeness (QED) is 0.708. The van der Waals surface area contributed by atoms with Crippen LogP contribution in [0.2, 0.25) is 0 Å². The number of nitrogens with zero attached hydrogens (tertiary/aromatic N) is 2. The average molecular weight is 418 g/mol. The minimum absolute atomic E-state index is 0.0961. The number of piperidine rings is 2. The summed E-state index contributed by atoms with van der Waals surface area (Å²) in [6.45, 7) is 1.95. The van der Waals surface area contributed by atoms with Crippen LogP contribution in [0, 0.1) is 11.8 Å². The van der Waals surface area contributed by atoms with Crippen LogP contribution in [0.5, 0.6) is 0 Å². The van der Waals surface area contributed by atoms with Gasteiger partial charge in [-0.25, -0.2) is 8.78 Å². The highest BCUT2D eigenvalue weighted by molar-refractivity contribution is 6.05. The maximum Gasteiger partial charge on any atom is 0.264 e. The van der Waals surface area contributed by atoms with E-state index in [4.69, 9.17) is 0 Å². The highest BCUT2D eigenvalue weighted by Gasteiger charge is 2.51. The minimum atomic E-state index is -2.71. The van der Waals surface area contributed by atoms with E-state index < -0.39 is 23.8 Å². The zero-order valence-electron chi connectivity index (χ0n) is 16.5. The number of alkyl halides is 2. The molecule has 2 N–H and O–H groups in total. The number of carbonyl (C=O) groups excluding carboxylic acids is 3. The topological polar surface area (TPSA) is 81.8 Å². The summed E-state index contributed by atoms with van der Waals surface area (Å²) in [5.41, 5.74) is 2.22. The van der Waals surface area contributed by atoms with Crippen molar-refractivity contribution in [3.8, 4) is 0 Å². The van der Waals surface area contributed by atoms with E-state index in [2.05, 4.69) is 10.6 Å². The number of imide groups is 1. The van der Waals surface area contributed by atoms with E-state index in [9.17, 15) is 23.2 Å². The van der Waals surface area contributed by atoms with Gasteiger partial charge in [-0.15, -0.1) is 0 Å². The number of fused-ring (bicyclic) bond motifs is 2. The van der Waals surface area contributed by atoms with Crippen LogP contribution in [0.15, 0.2) is 18.2 Å². The molecule has 0 aliphatic carbocycles. The van der Waals surface area contributed by atoms with Crippen LogP contribution in [0.4, 0.5) is 8.78 Å². The van der Waals surface area contributed by atoms with Crippen molar-refractivity contribution in [1.29, 1.82) is 0 Å². The van der Waals surface area contributed by atoms with Gasteiger partial charge in [-0.1, -0.05) is 18.2 Å². The first-order valence-corrected chi connectivity index (χ1v) is 10.4. The van der Waals surface area contributed by atoms with Crippen molar-refractivity contribution >= 4 is 17.7 Å². The third kappa shape index (κ3) is 3.20. The Labute approximate surface area is 172 Å². The van der Waals surface area contributed by atoms with Crippen LogP contribution < -0.4 is 10.6 Å². The van der Waals surface area contributed by atoms with Crippen molar-refractivity contribution in [2.24, 2.45) is 11.8 Å². The largest absolute Gasteiger partial charge is 0.322 e. The monoisotopic (exact) mass is 418 g/mol. The maximum atomic E-state index is 14.3. The van der Waals surface area contributed by atoms with Gasteiger partial charge in [0.1, 0.15) is 6.04 Å². The van der Waals surface area contributed by atoms with Crippen molar-refractivity contribution < 1.29 is 23.2 Å². The van der Waals surface area contributed by atoms with Gasteiger partial charge < -0.3 is 10.2 Å². The van der Waals surface area contributed by atoms with Gasteiger partial charge in [-0.3, -0.25) is 24.6 Å². The number of hydrogen-bond acceptors (Lipinski definition) is 5. The minimum Gasteiger partial charge on any atom is -0.322 e. The fourth-order valence-electron chi connectivity index (χ4n) is 5.39. The molecule has 1 unspecified atom stereocenters. The fraction of sp³-hybridized carbons (Fsp3) is 0.571. The van der Waals surface area contributed by atoms with Gasteiger partial charge in [0.05, 0.1) is 6.54 Å². The van der Waals surface area contributed by atoms with Crippen LogP contribution in [-0.2, 0) is 22.7 Å². The molecule has 3 amide bonds. The molecule has 4 aliphatic heterocycles. The molecular formula is C21H24F2N4O3. The third-order valence-electron chi connectivity index (χ3n) is 6.86. The summed E-state index contributed by atoms with van der Waals surface area (Å²) in [7, 11) is 0. The first-order chi connectivity index (χ1) is 14.3. The van der Waals surface area contributed by atoms with E-state index in [1.54, 1.807) is 0 Å². The molecule has 1 aromatic rings.